The molecule has 0 aliphatic rings. The van der Waals surface area contributed by atoms with Crippen molar-refractivity contribution in [2.24, 2.45) is 11.3 Å². The van der Waals surface area contributed by atoms with Crippen LogP contribution in [0.4, 0.5) is 8.78 Å². The minimum absolute atomic E-state index is 0.0407. The molecule has 3 heteroatoms. The lowest BCUT2D eigenvalue weighted by atomic mass is 9.74. The normalized spacial score (nSPS) is 15.0. The highest BCUT2D eigenvalue weighted by Gasteiger charge is 2.28. The molecule has 1 unspecified atom stereocenters. The third-order valence-electron chi connectivity index (χ3n) is 3.57. The van der Waals surface area contributed by atoms with Crippen LogP contribution in [0.5, 0.6) is 0 Å². The second kappa shape index (κ2) is 5.58. The molecule has 17 heavy (non-hydrogen) atoms. The molecule has 0 saturated carbocycles. The van der Waals surface area contributed by atoms with Crippen LogP contribution in [0.3, 0.4) is 0 Å². The summed E-state index contributed by atoms with van der Waals surface area (Å²) < 4.78 is 26.0. The third kappa shape index (κ3) is 3.50. The fraction of sp³-hybridized carbons (Fsp3) is 0.571. The lowest BCUT2D eigenvalue weighted by Crippen LogP contribution is -2.36. The van der Waals surface area contributed by atoms with Crippen LogP contribution in [0.15, 0.2) is 18.2 Å². The van der Waals surface area contributed by atoms with Crippen molar-refractivity contribution in [2.75, 3.05) is 13.6 Å². The first-order valence-corrected chi connectivity index (χ1v) is 5.97. The van der Waals surface area contributed by atoms with Gasteiger partial charge in [0.15, 0.2) is 11.6 Å². The summed E-state index contributed by atoms with van der Waals surface area (Å²) in [6, 6.07) is 4.16. The maximum atomic E-state index is 13.2. The third-order valence-corrected chi connectivity index (χ3v) is 3.57. The van der Waals surface area contributed by atoms with Gasteiger partial charge in [0, 0.05) is 6.54 Å². The molecule has 0 amide bonds. The van der Waals surface area contributed by atoms with Crippen LogP contribution in [0.2, 0.25) is 0 Å². The van der Waals surface area contributed by atoms with E-state index in [1.54, 1.807) is 6.07 Å². The van der Waals surface area contributed by atoms with Gasteiger partial charge in [-0.05, 0) is 42.5 Å². The van der Waals surface area contributed by atoms with Gasteiger partial charge in [0.05, 0.1) is 0 Å². The van der Waals surface area contributed by atoms with Gasteiger partial charge in [0.1, 0.15) is 0 Å². The lowest BCUT2D eigenvalue weighted by molar-refractivity contribution is 0.212. The van der Waals surface area contributed by atoms with Crippen molar-refractivity contribution in [3.63, 3.8) is 0 Å². The van der Waals surface area contributed by atoms with E-state index in [1.807, 2.05) is 7.05 Å². The monoisotopic (exact) mass is 241 g/mol. The summed E-state index contributed by atoms with van der Waals surface area (Å²) in [6.07, 6.45) is 0.739. The number of benzene rings is 1. The van der Waals surface area contributed by atoms with Gasteiger partial charge in [0.25, 0.3) is 0 Å². The van der Waals surface area contributed by atoms with E-state index in [1.165, 1.54) is 12.1 Å². The predicted octanol–water partition coefficient (Wildman–Crippen LogP) is 3.39. The standard InChI is InChI=1S/C14H21F2N/c1-10(2)14(3,9-17-4)8-11-5-6-12(15)13(16)7-11/h5-7,10,17H,8-9H2,1-4H3. The zero-order chi connectivity index (χ0) is 13.1. The second-order valence-corrected chi connectivity index (χ2v) is 5.26. The molecule has 0 aromatic heterocycles. The first-order chi connectivity index (χ1) is 7.89. The van der Waals surface area contributed by atoms with Gasteiger partial charge in [-0.3, -0.25) is 0 Å². The Balaban J connectivity index is 2.90. The molecule has 0 radical (unpaired) electrons. The Hall–Kier alpha value is -0.960. The van der Waals surface area contributed by atoms with E-state index in [0.717, 1.165) is 18.5 Å². The smallest absolute Gasteiger partial charge is 0.159 e. The summed E-state index contributed by atoms with van der Waals surface area (Å²) in [5, 5.41) is 3.17. The largest absolute Gasteiger partial charge is 0.319 e. The second-order valence-electron chi connectivity index (χ2n) is 5.26. The van der Waals surface area contributed by atoms with Crippen molar-refractivity contribution < 1.29 is 8.78 Å². The molecular formula is C14H21F2N. The number of rotatable bonds is 5. The van der Waals surface area contributed by atoms with E-state index in [-0.39, 0.29) is 5.41 Å². The van der Waals surface area contributed by atoms with E-state index in [0.29, 0.717) is 5.92 Å². The van der Waals surface area contributed by atoms with Gasteiger partial charge >= 0.3 is 0 Å². The summed E-state index contributed by atoms with van der Waals surface area (Å²) in [7, 11) is 1.91. The summed E-state index contributed by atoms with van der Waals surface area (Å²) in [6.45, 7) is 7.31. The molecule has 1 aromatic carbocycles. The first kappa shape index (κ1) is 14.1. The highest BCUT2D eigenvalue weighted by Crippen LogP contribution is 2.31. The van der Waals surface area contributed by atoms with Crippen molar-refractivity contribution in [3.8, 4) is 0 Å². The average molecular weight is 241 g/mol. The fourth-order valence-corrected chi connectivity index (χ4v) is 1.99. The molecule has 0 fully saturated rings. The van der Waals surface area contributed by atoms with Gasteiger partial charge in [-0.15, -0.1) is 0 Å². The first-order valence-electron chi connectivity index (χ1n) is 5.97. The van der Waals surface area contributed by atoms with Crippen molar-refractivity contribution >= 4 is 0 Å². The highest BCUT2D eigenvalue weighted by atomic mass is 19.2. The Morgan fingerprint density at radius 2 is 1.88 bits per heavy atom. The van der Waals surface area contributed by atoms with Crippen molar-refractivity contribution in [3.05, 3.63) is 35.4 Å². The van der Waals surface area contributed by atoms with Crippen molar-refractivity contribution in [1.29, 1.82) is 0 Å². The zero-order valence-corrected chi connectivity index (χ0v) is 11.0. The number of halogens is 2. The lowest BCUT2D eigenvalue weighted by Gasteiger charge is -2.34. The van der Waals surface area contributed by atoms with Crippen molar-refractivity contribution in [1.82, 2.24) is 5.32 Å². The van der Waals surface area contributed by atoms with Gasteiger partial charge < -0.3 is 5.32 Å². The zero-order valence-electron chi connectivity index (χ0n) is 11.0. The van der Waals surface area contributed by atoms with Crippen LogP contribution in [-0.4, -0.2) is 13.6 Å². The summed E-state index contributed by atoms with van der Waals surface area (Å²) in [4.78, 5) is 0. The number of hydrogen-bond donors (Lipinski definition) is 1. The van der Waals surface area contributed by atoms with Crippen LogP contribution in [-0.2, 0) is 6.42 Å². The van der Waals surface area contributed by atoms with Gasteiger partial charge in [-0.25, -0.2) is 8.78 Å². The van der Waals surface area contributed by atoms with Crippen LogP contribution in [0.25, 0.3) is 0 Å². The molecule has 0 bridgehead atoms. The van der Waals surface area contributed by atoms with Crippen LogP contribution < -0.4 is 5.32 Å². The molecule has 0 saturated heterocycles. The van der Waals surface area contributed by atoms with E-state index in [9.17, 15) is 8.78 Å². The number of hydrogen-bond acceptors (Lipinski definition) is 1. The Kier molecular flexibility index (Phi) is 4.63. The molecule has 1 aromatic rings. The SMILES string of the molecule is CNCC(C)(Cc1ccc(F)c(F)c1)C(C)C. The molecule has 96 valence electrons. The maximum Gasteiger partial charge on any atom is 0.159 e. The molecule has 0 aliphatic carbocycles. The van der Waals surface area contributed by atoms with Gasteiger partial charge in [0.2, 0.25) is 0 Å². The van der Waals surface area contributed by atoms with Gasteiger partial charge in [-0.2, -0.15) is 0 Å². The Morgan fingerprint density at radius 3 is 2.35 bits per heavy atom. The minimum Gasteiger partial charge on any atom is -0.319 e. The molecule has 1 N–H and O–H groups in total. The molecule has 1 nitrogen and oxygen atoms in total. The van der Waals surface area contributed by atoms with E-state index in [4.69, 9.17) is 0 Å². The van der Waals surface area contributed by atoms with E-state index >= 15 is 0 Å². The van der Waals surface area contributed by atoms with E-state index in [2.05, 4.69) is 26.1 Å². The summed E-state index contributed by atoms with van der Waals surface area (Å²) in [5.41, 5.74) is 0.884. The van der Waals surface area contributed by atoms with Crippen LogP contribution in [0, 0.1) is 23.0 Å². The Bertz CT molecular complexity index is 376. The van der Waals surface area contributed by atoms with Crippen LogP contribution in [0.1, 0.15) is 26.3 Å². The molecule has 0 aliphatic heterocycles. The van der Waals surface area contributed by atoms with Crippen LogP contribution >= 0.6 is 0 Å². The van der Waals surface area contributed by atoms with Crippen molar-refractivity contribution in [2.45, 2.75) is 27.2 Å². The topological polar surface area (TPSA) is 12.0 Å². The average Bonchev–Trinajstić information content (AvgIpc) is 2.23. The summed E-state index contributed by atoms with van der Waals surface area (Å²) in [5.74, 6) is -1.09. The minimum atomic E-state index is -0.784. The molecular weight excluding hydrogens is 220 g/mol. The quantitative estimate of drug-likeness (QED) is 0.833. The molecule has 0 spiro atoms. The summed E-state index contributed by atoms with van der Waals surface area (Å²) >= 11 is 0. The fourth-order valence-electron chi connectivity index (χ4n) is 1.99. The molecule has 0 heterocycles. The highest BCUT2D eigenvalue weighted by molar-refractivity contribution is 5.19. The number of nitrogens with one attached hydrogen (secondary N) is 1. The van der Waals surface area contributed by atoms with Gasteiger partial charge in [-0.1, -0.05) is 26.8 Å². The Morgan fingerprint density at radius 1 is 1.24 bits per heavy atom. The maximum absolute atomic E-state index is 13.2. The Labute approximate surface area is 102 Å². The molecule has 1 atom stereocenters. The predicted molar refractivity (Wildman–Crippen MR) is 66.9 cm³/mol. The molecule has 1 rings (SSSR count). The van der Waals surface area contributed by atoms with E-state index < -0.39 is 11.6 Å².